The molecule has 96 valence electrons. The zero-order chi connectivity index (χ0) is 13.0. The van der Waals surface area contributed by atoms with Crippen LogP contribution in [0.1, 0.15) is 17.0 Å². The fourth-order valence-corrected chi connectivity index (χ4v) is 2.59. The molecule has 4 heteroatoms. The van der Waals surface area contributed by atoms with Gasteiger partial charge in [-0.2, -0.15) is 5.10 Å². The van der Waals surface area contributed by atoms with E-state index in [4.69, 9.17) is 0 Å². The molecule has 1 aromatic carbocycles. The lowest BCUT2D eigenvalue weighted by atomic mass is 9.93. The van der Waals surface area contributed by atoms with Crippen LogP contribution in [0.2, 0.25) is 0 Å². The van der Waals surface area contributed by atoms with E-state index in [0.717, 1.165) is 17.4 Å². The van der Waals surface area contributed by atoms with Gasteiger partial charge in [0.1, 0.15) is 0 Å². The molecule has 18 heavy (non-hydrogen) atoms. The topological polar surface area (TPSA) is 29.9 Å². The Bertz CT molecular complexity index is 507. The van der Waals surface area contributed by atoms with E-state index in [0.29, 0.717) is 5.92 Å². The van der Waals surface area contributed by atoms with Crippen LogP contribution >= 0.6 is 15.9 Å². The van der Waals surface area contributed by atoms with E-state index in [-0.39, 0.29) is 0 Å². The predicted octanol–water partition coefficient (Wildman–Crippen LogP) is 2.73. The van der Waals surface area contributed by atoms with E-state index < -0.39 is 0 Å². The van der Waals surface area contributed by atoms with Crippen LogP contribution in [0.15, 0.2) is 41.1 Å². The molecule has 1 atom stereocenters. The summed E-state index contributed by atoms with van der Waals surface area (Å²) in [4.78, 5) is 0. The molecule has 0 bridgehead atoms. The first-order valence-electron chi connectivity index (χ1n) is 6.06. The molecule has 0 amide bonds. The molecule has 1 heterocycles. The number of nitrogens with one attached hydrogen (secondary N) is 1. The van der Waals surface area contributed by atoms with Gasteiger partial charge in [-0.3, -0.25) is 4.68 Å². The van der Waals surface area contributed by atoms with Gasteiger partial charge in [0.2, 0.25) is 0 Å². The Balaban J connectivity index is 2.17. The van der Waals surface area contributed by atoms with Crippen LogP contribution in [0.5, 0.6) is 0 Å². The standard InChI is InChI=1S/C14H18BrN3/c1-16-9-13(6-11-8-17-18(2)10-11)12-4-3-5-14(15)7-12/h3-5,7-8,10,13,16H,6,9H2,1-2H3. The van der Waals surface area contributed by atoms with Crippen LogP contribution in [0.3, 0.4) is 0 Å². The zero-order valence-electron chi connectivity index (χ0n) is 10.7. The maximum absolute atomic E-state index is 4.23. The summed E-state index contributed by atoms with van der Waals surface area (Å²) in [6, 6.07) is 8.52. The maximum atomic E-state index is 4.23. The van der Waals surface area contributed by atoms with Gasteiger partial charge in [0.05, 0.1) is 6.20 Å². The lowest BCUT2D eigenvalue weighted by Gasteiger charge is -2.16. The largest absolute Gasteiger partial charge is 0.319 e. The average molecular weight is 308 g/mol. The van der Waals surface area contributed by atoms with E-state index in [1.807, 2.05) is 25.0 Å². The minimum absolute atomic E-state index is 0.469. The minimum Gasteiger partial charge on any atom is -0.319 e. The third-order valence-corrected chi connectivity index (χ3v) is 3.50. The van der Waals surface area contributed by atoms with Crippen LogP contribution < -0.4 is 5.32 Å². The molecule has 0 aliphatic heterocycles. The van der Waals surface area contributed by atoms with Crippen LogP contribution in [0.25, 0.3) is 0 Å². The smallest absolute Gasteiger partial charge is 0.0521 e. The summed E-state index contributed by atoms with van der Waals surface area (Å²) >= 11 is 3.53. The Kier molecular flexibility index (Phi) is 4.55. The molecule has 3 nitrogen and oxygen atoms in total. The maximum Gasteiger partial charge on any atom is 0.0521 e. The monoisotopic (exact) mass is 307 g/mol. The van der Waals surface area contributed by atoms with Gasteiger partial charge in [0.25, 0.3) is 0 Å². The molecule has 0 spiro atoms. The summed E-state index contributed by atoms with van der Waals surface area (Å²) in [7, 11) is 3.95. The van der Waals surface area contributed by atoms with E-state index in [9.17, 15) is 0 Å². The van der Waals surface area contributed by atoms with Gasteiger partial charge in [0, 0.05) is 30.2 Å². The van der Waals surface area contributed by atoms with E-state index in [2.05, 4.69) is 56.8 Å². The highest BCUT2D eigenvalue weighted by atomic mass is 79.9. The normalized spacial score (nSPS) is 12.6. The predicted molar refractivity (Wildman–Crippen MR) is 77.7 cm³/mol. The minimum atomic E-state index is 0.469. The number of halogens is 1. The molecule has 0 aliphatic rings. The quantitative estimate of drug-likeness (QED) is 0.920. The average Bonchev–Trinajstić information content (AvgIpc) is 2.74. The van der Waals surface area contributed by atoms with Crippen molar-refractivity contribution in [3.05, 3.63) is 52.3 Å². The van der Waals surface area contributed by atoms with E-state index in [1.54, 1.807) is 0 Å². The number of rotatable bonds is 5. The molecule has 2 rings (SSSR count). The SMILES string of the molecule is CNCC(Cc1cnn(C)c1)c1cccc(Br)c1. The van der Waals surface area contributed by atoms with Crippen molar-refractivity contribution >= 4 is 15.9 Å². The number of likely N-dealkylation sites (N-methyl/N-ethyl adjacent to an activating group) is 1. The van der Waals surface area contributed by atoms with Crippen molar-refractivity contribution in [3.8, 4) is 0 Å². The second-order valence-electron chi connectivity index (χ2n) is 4.54. The van der Waals surface area contributed by atoms with Gasteiger partial charge in [-0.05, 0) is 36.7 Å². The van der Waals surface area contributed by atoms with Crippen molar-refractivity contribution in [2.45, 2.75) is 12.3 Å². The Morgan fingerprint density at radius 1 is 1.44 bits per heavy atom. The second-order valence-corrected chi connectivity index (χ2v) is 5.45. The first-order valence-corrected chi connectivity index (χ1v) is 6.86. The Labute approximate surface area is 116 Å². The Morgan fingerprint density at radius 3 is 2.89 bits per heavy atom. The molecule has 0 radical (unpaired) electrons. The molecule has 1 aromatic heterocycles. The van der Waals surface area contributed by atoms with Crippen LogP contribution in [0.4, 0.5) is 0 Å². The number of benzene rings is 1. The number of hydrogen-bond acceptors (Lipinski definition) is 2. The van der Waals surface area contributed by atoms with Crippen molar-refractivity contribution in [1.29, 1.82) is 0 Å². The van der Waals surface area contributed by atoms with Gasteiger partial charge >= 0.3 is 0 Å². The zero-order valence-corrected chi connectivity index (χ0v) is 12.3. The Hall–Kier alpha value is -1.13. The number of aryl methyl sites for hydroxylation is 1. The van der Waals surface area contributed by atoms with Crippen molar-refractivity contribution in [1.82, 2.24) is 15.1 Å². The molecule has 2 aromatic rings. The number of nitrogens with zero attached hydrogens (tertiary/aromatic N) is 2. The van der Waals surface area contributed by atoms with Gasteiger partial charge in [0.15, 0.2) is 0 Å². The first-order chi connectivity index (χ1) is 8.69. The molecular weight excluding hydrogens is 290 g/mol. The summed E-state index contributed by atoms with van der Waals surface area (Å²) in [5.41, 5.74) is 2.63. The third kappa shape index (κ3) is 3.43. The summed E-state index contributed by atoms with van der Waals surface area (Å²) in [5, 5.41) is 7.50. The molecule has 0 saturated heterocycles. The fourth-order valence-electron chi connectivity index (χ4n) is 2.18. The summed E-state index contributed by atoms with van der Waals surface area (Å²) in [5.74, 6) is 0.469. The van der Waals surface area contributed by atoms with Crippen molar-refractivity contribution in [2.75, 3.05) is 13.6 Å². The van der Waals surface area contributed by atoms with Gasteiger partial charge in [-0.25, -0.2) is 0 Å². The molecule has 0 aliphatic carbocycles. The summed E-state index contributed by atoms with van der Waals surface area (Å²) < 4.78 is 2.99. The fraction of sp³-hybridized carbons (Fsp3) is 0.357. The molecular formula is C14H18BrN3. The molecule has 0 saturated carbocycles. The summed E-state index contributed by atoms with van der Waals surface area (Å²) in [6.07, 6.45) is 5.03. The Morgan fingerprint density at radius 2 is 2.28 bits per heavy atom. The number of aromatic nitrogens is 2. The first kappa shape index (κ1) is 13.3. The van der Waals surface area contributed by atoms with E-state index >= 15 is 0 Å². The van der Waals surface area contributed by atoms with Crippen molar-refractivity contribution in [2.24, 2.45) is 7.05 Å². The molecule has 1 N–H and O–H groups in total. The molecule has 0 fully saturated rings. The highest BCUT2D eigenvalue weighted by Gasteiger charge is 2.12. The van der Waals surface area contributed by atoms with Crippen molar-refractivity contribution in [3.63, 3.8) is 0 Å². The highest BCUT2D eigenvalue weighted by Crippen LogP contribution is 2.23. The van der Waals surface area contributed by atoms with E-state index in [1.165, 1.54) is 11.1 Å². The van der Waals surface area contributed by atoms with Gasteiger partial charge in [-0.1, -0.05) is 28.1 Å². The van der Waals surface area contributed by atoms with Crippen molar-refractivity contribution < 1.29 is 0 Å². The van der Waals surface area contributed by atoms with Gasteiger partial charge in [-0.15, -0.1) is 0 Å². The highest BCUT2D eigenvalue weighted by molar-refractivity contribution is 9.10. The summed E-state index contributed by atoms with van der Waals surface area (Å²) in [6.45, 7) is 0.964. The van der Waals surface area contributed by atoms with Crippen LogP contribution in [-0.4, -0.2) is 23.4 Å². The van der Waals surface area contributed by atoms with Gasteiger partial charge < -0.3 is 5.32 Å². The number of hydrogen-bond donors (Lipinski definition) is 1. The third-order valence-electron chi connectivity index (χ3n) is 3.01. The van der Waals surface area contributed by atoms with Crippen LogP contribution in [0, 0.1) is 0 Å². The second kappa shape index (κ2) is 6.16. The molecule has 1 unspecified atom stereocenters. The lowest BCUT2D eigenvalue weighted by Crippen LogP contribution is -2.19. The lowest BCUT2D eigenvalue weighted by molar-refractivity contribution is 0.625. The van der Waals surface area contributed by atoms with Crippen LogP contribution in [-0.2, 0) is 13.5 Å².